The molecule has 0 radical (unpaired) electrons. The molecule has 134 valence electrons. The van der Waals surface area contributed by atoms with E-state index in [-0.39, 0.29) is 6.10 Å². The van der Waals surface area contributed by atoms with Crippen LogP contribution in [-0.4, -0.2) is 38.1 Å². The summed E-state index contributed by atoms with van der Waals surface area (Å²) in [4.78, 5) is 11.1. The van der Waals surface area contributed by atoms with E-state index in [1.807, 2.05) is 19.9 Å². The number of nitrogens with zero attached hydrogens (tertiary/aromatic N) is 3. The van der Waals surface area contributed by atoms with E-state index >= 15 is 0 Å². The van der Waals surface area contributed by atoms with Gasteiger partial charge in [-0.3, -0.25) is 0 Å². The molecule has 8 heteroatoms. The number of aromatic nitrogens is 2. The second-order valence-corrected chi connectivity index (χ2v) is 7.98. The molecule has 7 nitrogen and oxygen atoms in total. The maximum absolute atomic E-state index is 12.2. The van der Waals surface area contributed by atoms with Gasteiger partial charge in [0.2, 0.25) is 10.0 Å². The van der Waals surface area contributed by atoms with Gasteiger partial charge < -0.3 is 9.64 Å². The molecular weight excluding hydrogens is 340 g/mol. The Labute approximate surface area is 148 Å². The van der Waals surface area contributed by atoms with Crippen LogP contribution in [0.25, 0.3) is 0 Å². The summed E-state index contributed by atoms with van der Waals surface area (Å²) in [6.07, 6.45) is 3.86. The van der Waals surface area contributed by atoms with Crippen LogP contribution in [0.2, 0.25) is 0 Å². The molecule has 3 rings (SSSR count). The van der Waals surface area contributed by atoms with Gasteiger partial charge in [-0.15, -0.1) is 0 Å². The fraction of sp³-hybridized carbons (Fsp3) is 0.412. The number of rotatable bonds is 5. The van der Waals surface area contributed by atoms with E-state index in [2.05, 4.69) is 19.6 Å². The maximum atomic E-state index is 12.2. The van der Waals surface area contributed by atoms with Crippen molar-refractivity contribution in [3.8, 4) is 5.88 Å². The molecule has 0 saturated heterocycles. The van der Waals surface area contributed by atoms with E-state index in [1.165, 1.54) is 7.05 Å². The van der Waals surface area contributed by atoms with Crippen molar-refractivity contribution >= 4 is 15.8 Å². The number of sulfonamides is 1. The van der Waals surface area contributed by atoms with Gasteiger partial charge in [0.05, 0.1) is 11.0 Å². The first-order valence-electron chi connectivity index (χ1n) is 8.19. The van der Waals surface area contributed by atoms with Gasteiger partial charge in [-0.25, -0.2) is 23.1 Å². The minimum absolute atomic E-state index is 0.0000917. The monoisotopic (exact) mass is 362 g/mol. The van der Waals surface area contributed by atoms with Crippen LogP contribution >= 0.6 is 0 Å². The number of hydrogen-bond acceptors (Lipinski definition) is 6. The van der Waals surface area contributed by atoms with Crippen LogP contribution in [-0.2, 0) is 23.0 Å². The predicted molar refractivity (Wildman–Crippen MR) is 95.2 cm³/mol. The first kappa shape index (κ1) is 17.6. The van der Waals surface area contributed by atoms with Crippen LogP contribution in [0, 0.1) is 0 Å². The Bertz CT molecular complexity index is 868. The Hall–Kier alpha value is -2.19. The fourth-order valence-corrected chi connectivity index (χ4v) is 3.99. The molecule has 25 heavy (non-hydrogen) atoms. The van der Waals surface area contributed by atoms with Crippen LogP contribution in [0.15, 0.2) is 35.5 Å². The topological polar surface area (TPSA) is 84.4 Å². The van der Waals surface area contributed by atoms with Crippen molar-refractivity contribution < 1.29 is 13.2 Å². The van der Waals surface area contributed by atoms with Crippen LogP contribution in [0.4, 0.5) is 5.82 Å². The van der Waals surface area contributed by atoms with Crippen molar-refractivity contribution in [2.75, 3.05) is 18.5 Å². The summed E-state index contributed by atoms with van der Waals surface area (Å²) in [6, 6.07) is 5.38. The second-order valence-electron chi connectivity index (χ2n) is 6.12. The van der Waals surface area contributed by atoms with E-state index in [9.17, 15) is 8.42 Å². The van der Waals surface area contributed by atoms with Crippen molar-refractivity contribution in [2.24, 2.45) is 0 Å². The average molecular weight is 362 g/mol. The zero-order valence-electron chi connectivity index (χ0n) is 14.6. The lowest BCUT2D eigenvalue weighted by molar-refractivity contribution is 0.232. The van der Waals surface area contributed by atoms with Gasteiger partial charge in [0.15, 0.2) is 5.82 Å². The smallest absolute Gasteiger partial charge is 0.257 e. The fourth-order valence-electron chi connectivity index (χ4n) is 2.96. The highest BCUT2D eigenvalue weighted by Gasteiger charge is 2.26. The van der Waals surface area contributed by atoms with Crippen molar-refractivity contribution in [2.45, 2.75) is 37.8 Å². The summed E-state index contributed by atoms with van der Waals surface area (Å²) in [5, 5.41) is 0. The molecule has 0 bridgehead atoms. The largest absolute Gasteiger partial charge is 0.472 e. The van der Waals surface area contributed by atoms with Gasteiger partial charge in [-0.2, -0.15) is 0 Å². The molecule has 0 fully saturated rings. The molecule has 2 aromatic rings. The van der Waals surface area contributed by atoms with Gasteiger partial charge in [0.1, 0.15) is 0 Å². The lowest BCUT2D eigenvalue weighted by atomic mass is 10.00. The highest BCUT2D eigenvalue weighted by Crippen LogP contribution is 2.31. The summed E-state index contributed by atoms with van der Waals surface area (Å²) in [5.41, 5.74) is 1.84. The van der Waals surface area contributed by atoms with Crippen molar-refractivity contribution in [3.63, 3.8) is 0 Å². The van der Waals surface area contributed by atoms with E-state index < -0.39 is 10.0 Å². The molecule has 0 amide bonds. The van der Waals surface area contributed by atoms with Crippen LogP contribution < -0.4 is 14.4 Å². The van der Waals surface area contributed by atoms with Gasteiger partial charge in [-0.05, 0) is 44.5 Å². The predicted octanol–water partition coefficient (Wildman–Crippen LogP) is 1.73. The van der Waals surface area contributed by atoms with Gasteiger partial charge in [-0.1, -0.05) is 12.1 Å². The third-order valence-electron chi connectivity index (χ3n) is 4.07. The van der Waals surface area contributed by atoms with E-state index in [1.54, 1.807) is 24.5 Å². The maximum Gasteiger partial charge on any atom is 0.257 e. The lowest BCUT2D eigenvalue weighted by Gasteiger charge is -2.31. The van der Waals surface area contributed by atoms with Crippen LogP contribution in [0.3, 0.4) is 0 Å². The summed E-state index contributed by atoms with van der Waals surface area (Å²) < 4.78 is 32.6. The molecule has 2 heterocycles. The normalized spacial score (nSPS) is 14.5. The first-order valence-corrected chi connectivity index (χ1v) is 9.67. The van der Waals surface area contributed by atoms with Crippen molar-refractivity contribution in [1.29, 1.82) is 0 Å². The highest BCUT2D eigenvalue weighted by molar-refractivity contribution is 7.89. The quantitative estimate of drug-likeness (QED) is 0.872. The molecule has 1 N–H and O–H groups in total. The minimum atomic E-state index is -3.47. The van der Waals surface area contributed by atoms with Crippen molar-refractivity contribution in [1.82, 2.24) is 14.7 Å². The molecule has 1 aromatic carbocycles. The summed E-state index contributed by atoms with van der Waals surface area (Å²) in [6.45, 7) is 5.10. The number of nitrogens with one attached hydrogen (secondary N) is 1. The molecule has 0 unspecified atom stereocenters. The summed E-state index contributed by atoms with van der Waals surface area (Å²) >= 11 is 0. The molecule has 1 aliphatic rings. The second kappa shape index (κ2) is 6.97. The number of hydrogen-bond donors (Lipinski definition) is 1. The minimum Gasteiger partial charge on any atom is -0.472 e. The molecule has 0 spiro atoms. The molecule has 1 aliphatic heterocycles. The molecular formula is C17H22N4O3S. The Kier molecular flexibility index (Phi) is 4.91. The Morgan fingerprint density at radius 1 is 1.24 bits per heavy atom. The van der Waals surface area contributed by atoms with Crippen LogP contribution in [0.5, 0.6) is 5.88 Å². The third kappa shape index (κ3) is 3.59. The van der Waals surface area contributed by atoms with E-state index in [0.29, 0.717) is 36.1 Å². The standard InChI is InChI=1S/C17H22N4O3S/c1-12(2)24-17-16(19-8-9-20-17)21-10-7-14-13(11-21)5-4-6-15(14)25(22,23)18-3/h4-6,8-9,12,18H,7,10-11H2,1-3H3. The van der Waals surface area contributed by atoms with Crippen LogP contribution in [0.1, 0.15) is 25.0 Å². The number of anilines is 1. The molecule has 0 saturated carbocycles. The molecule has 1 aromatic heterocycles. The zero-order valence-corrected chi connectivity index (χ0v) is 15.4. The highest BCUT2D eigenvalue weighted by atomic mass is 32.2. The van der Waals surface area contributed by atoms with E-state index in [4.69, 9.17) is 4.74 Å². The number of fused-ring (bicyclic) bond motifs is 1. The molecule has 0 aliphatic carbocycles. The van der Waals surface area contributed by atoms with E-state index in [0.717, 1.165) is 11.1 Å². The first-order chi connectivity index (χ1) is 11.9. The third-order valence-corrected chi connectivity index (χ3v) is 5.57. The Morgan fingerprint density at radius 3 is 2.72 bits per heavy atom. The van der Waals surface area contributed by atoms with Gasteiger partial charge >= 0.3 is 0 Å². The zero-order chi connectivity index (χ0) is 18.0. The average Bonchev–Trinajstić information content (AvgIpc) is 2.60. The summed E-state index contributed by atoms with van der Waals surface area (Å²) in [5.74, 6) is 1.18. The van der Waals surface area contributed by atoms with Gasteiger partial charge in [0.25, 0.3) is 5.88 Å². The summed E-state index contributed by atoms with van der Waals surface area (Å²) in [7, 11) is -2.04. The number of ether oxygens (including phenoxy) is 1. The van der Waals surface area contributed by atoms with Gasteiger partial charge in [0, 0.05) is 25.5 Å². The lowest BCUT2D eigenvalue weighted by Crippen LogP contribution is -2.33. The number of benzene rings is 1. The Morgan fingerprint density at radius 2 is 2.00 bits per heavy atom. The molecule has 0 atom stereocenters. The van der Waals surface area contributed by atoms with Crippen molar-refractivity contribution in [3.05, 3.63) is 41.7 Å². The Balaban J connectivity index is 1.94. The SMILES string of the molecule is CNS(=O)(=O)c1cccc2c1CCN(c1nccnc1OC(C)C)C2.